The Morgan fingerprint density at radius 1 is 0.960 bits per heavy atom. The van der Waals surface area contributed by atoms with Crippen molar-refractivity contribution in [3.63, 3.8) is 0 Å². The van der Waals surface area contributed by atoms with Crippen LogP contribution in [0.15, 0.2) is 42.5 Å². The maximum Gasteiger partial charge on any atom is 0.255 e. The molecule has 0 spiro atoms. The Morgan fingerprint density at radius 3 is 2.24 bits per heavy atom. The Bertz CT molecular complexity index is 775. The average molecular weight is 338 g/mol. The molecule has 0 saturated carbocycles. The molecule has 0 unspecified atom stereocenters. The number of morpholine rings is 1. The number of hydrogen-bond donors (Lipinski definition) is 1. The molecule has 1 aliphatic rings. The van der Waals surface area contributed by atoms with Crippen molar-refractivity contribution in [2.45, 2.75) is 13.8 Å². The van der Waals surface area contributed by atoms with Gasteiger partial charge in [0.15, 0.2) is 0 Å². The zero-order valence-corrected chi connectivity index (χ0v) is 14.5. The maximum atomic E-state index is 12.6. The Morgan fingerprint density at radius 2 is 1.56 bits per heavy atom. The van der Waals surface area contributed by atoms with Crippen LogP contribution in [0.1, 0.15) is 31.8 Å². The second-order valence-electron chi connectivity index (χ2n) is 6.21. The van der Waals surface area contributed by atoms with Crippen LogP contribution >= 0.6 is 0 Å². The van der Waals surface area contributed by atoms with E-state index in [2.05, 4.69) is 5.32 Å². The minimum absolute atomic E-state index is 0.0648. The molecule has 0 atom stereocenters. The highest BCUT2D eigenvalue weighted by molar-refractivity contribution is 6.06. The summed E-state index contributed by atoms with van der Waals surface area (Å²) in [6.45, 7) is 6.19. The molecule has 0 bridgehead atoms. The van der Waals surface area contributed by atoms with Gasteiger partial charge in [0.2, 0.25) is 0 Å². The lowest BCUT2D eigenvalue weighted by molar-refractivity contribution is 0.0303. The van der Waals surface area contributed by atoms with Crippen molar-refractivity contribution >= 4 is 17.5 Å². The van der Waals surface area contributed by atoms with E-state index < -0.39 is 0 Å². The van der Waals surface area contributed by atoms with Crippen molar-refractivity contribution in [3.05, 3.63) is 64.7 Å². The Hall–Kier alpha value is -2.66. The van der Waals surface area contributed by atoms with Crippen molar-refractivity contribution in [1.29, 1.82) is 0 Å². The number of carbonyl (C=O) groups excluding carboxylic acids is 2. The fraction of sp³-hybridized carbons (Fsp3) is 0.300. The molecular weight excluding hydrogens is 316 g/mol. The smallest absolute Gasteiger partial charge is 0.255 e. The molecule has 2 amide bonds. The molecule has 0 aliphatic carbocycles. The minimum atomic E-state index is -0.214. The van der Waals surface area contributed by atoms with E-state index >= 15 is 0 Å². The molecule has 1 heterocycles. The van der Waals surface area contributed by atoms with Crippen LogP contribution in [0.25, 0.3) is 0 Å². The number of hydrogen-bond acceptors (Lipinski definition) is 3. The Balaban J connectivity index is 1.78. The zero-order valence-electron chi connectivity index (χ0n) is 14.5. The molecule has 2 aromatic rings. The lowest BCUT2D eigenvalue weighted by Crippen LogP contribution is -2.40. The van der Waals surface area contributed by atoms with Gasteiger partial charge in [0.1, 0.15) is 0 Å². The molecule has 3 rings (SSSR count). The third-order valence-electron chi connectivity index (χ3n) is 4.39. The summed E-state index contributed by atoms with van der Waals surface area (Å²) < 4.78 is 5.28. The summed E-state index contributed by atoms with van der Waals surface area (Å²) in [5, 5.41) is 2.96. The normalized spacial score (nSPS) is 14.2. The molecule has 1 N–H and O–H groups in total. The molecule has 5 heteroatoms. The first-order valence-electron chi connectivity index (χ1n) is 8.41. The fourth-order valence-corrected chi connectivity index (χ4v) is 2.94. The highest BCUT2D eigenvalue weighted by Crippen LogP contribution is 2.20. The summed E-state index contributed by atoms with van der Waals surface area (Å²) >= 11 is 0. The molecule has 0 radical (unpaired) electrons. The summed E-state index contributed by atoms with van der Waals surface area (Å²) in [6, 6.07) is 12.7. The van der Waals surface area contributed by atoms with Gasteiger partial charge < -0.3 is 15.0 Å². The lowest BCUT2D eigenvalue weighted by Gasteiger charge is -2.27. The molecule has 130 valence electrons. The van der Waals surface area contributed by atoms with Crippen molar-refractivity contribution in [2.24, 2.45) is 0 Å². The number of ether oxygens (including phenoxy) is 1. The zero-order chi connectivity index (χ0) is 17.8. The third kappa shape index (κ3) is 3.88. The van der Waals surface area contributed by atoms with E-state index in [0.717, 1.165) is 16.8 Å². The van der Waals surface area contributed by atoms with Gasteiger partial charge in [-0.05, 0) is 43.2 Å². The van der Waals surface area contributed by atoms with Gasteiger partial charge in [0, 0.05) is 29.9 Å². The van der Waals surface area contributed by atoms with E-state index in [1.54, 1.807) is 29.2 Å². The predicted octanol–water partition coefficient (Wildman–Crippen LogP) is 3.03. The number of anilines is 1. The Labute approximate surface area is 147 Å². The van der Waals surface area contributed by atoms with Crippen molar-refractivity contribution in [3.8, 4) is 0 Å². The maximum absolute atomic E-state index is 12.6. The van der Waals surface area contributed by atoms with Gasteiger partial charge in [-0.3, -0.25) is 9.59 Å². The monoisotopic (exact) mass is 338 g/mol. The van der Waals surface area contributed by atoms with Crippen molar-refractivity contribution < 1.29 is 14.3 Å². The topological polar surface area (TPSA) is 58.6 Å². The van der Waals surface area contributed by atoms with Crippen molar-refractivity contribution in [1.82, 2.24) is 4.90 Å². The average Bonchev–Trinajstić information content (AvgIpc) is 2.65. The van der Waals surface area contributed by atoms with Gasteiger partial charge in [-0.2, -0.15) is 0 Å². The number of carbonyl (C=O) groups is 2. The molecule has 2 aromatic carbocycles. The number of nitrogens with one attached hydrogen (secondary N) is 1. The van der Waals surface area contributed by atoms with Crippen LogP contribution in [0.3, 0.4) is 0 Å². The fourth-order valence-electron chi connectivity index (χ4n) is 2.94. The van der Waals surface area contributed by atoms with Crippen LogP contribution < -0.4 is 5.32 Å². The van der Waals surface area contributed by atoms with E-state index in [1.165, 1.54) is 0 Å². The second-order valence-corrected chi connectivity index (χ2v) is 6.21. The molecule has 1 saturated heterocycles. The number of amides is 2. The number of nitrogens with zero attached hydrogens (tertiary/aromatic N) is 1. The van der Waals surface area contributed by atoms with Gasteiger partial charge in [-0.15, -0.1) is 0 Å². The summed E-state index contributed by atoms with van der Waals surface area (Å²) in [7, 11) is 0. The van der Waals surface area contributed by atoms with Gasteiger partial charge in [-0.1, -0.05) is 24.3 Å². The van der Waals surface area contributed by atoms with Crippen LogP contribution in [0, 0.1) is 13.8 Å². The highest BCUT2D eigenvalue weighted by atomic mass is 16.5. The molecule has 0 aromatic heterocycles. The van der Waals surface area contributed by atoms with E-state index in [4.69, 9.17) is 4.74 Å². The van der Waals surface area contributed by atoms with Crippen LogP contribution in [0.5, 0.6) is 0 Å². The first-order chi connectivity index (χ1) is 12.1. The van der Waals surface area contributed by atoms with Gasteiger partial charge >= 0.3 is 0 Å². The summed E-state index contributed by atoms with van der Waals surface area (Å²) in [5.74, 6) is -0.279. The van der Waals surface area contributed by atoms with Gasteiger partial charge in [0.05, 0.1) is 13.2 Å². The highest BCUT2D eigenvalue weighted by Gasteiger charge is 2.19. The standard InChI is InChI=1S/C20H22N2O3/c1-14-5-3-6-15(2)18(14)21-19(23)16-7-4-8-17(13-16)20(24)22-9-11-25-12-10-22/h3-8,13H,9-12H2,1-2H3,(H,21,23). The molecule has 1 aliphatic heterocycles. The number of aryl methyl sites for hydroxylation is 2. The van der Waals surface area contributed by atoms with Gasteiger partial charge in [-0.25, -0.2) is 0 Å². The quantitative estimate of drug-likeness (QED) is 0.936. The number of benzene rings is 2. The molecule has 25 heavy (non-hydrogen) atoms. The van der Waals surface area contributed by atoms with E-state index in [-0.39, 0.29) is 11.8 Å². The molecule has 5 nitrogen and oxygen atoms in total. The first kappa shape index (κ1) is 17.2. The lowest BCUT2D eigenvalue weighted by atomic mass is 10.1. The van der Waals surface area contributed by atoms with Crippen molar-refractivity contribution in [2.75, 3.05) is 31.6 Å². The second kappa shape index (κ2) is 7.49. The number of rotatable bonds is 3. The molecule has 1 fully saturated rings. The summed E-state index contributed by atoms with van der Waals surface area (Å²) in [5.41, 5.74) is 3.83. The first-order valence-corrected chi connectivity index (χ1v) is 8.41. The van der Waals surface area contributed by atoms with Crippen LogP contribution in [-0.4, -0.2) is 43.0 Å². The summed E-state index contributed by atoms with van der Waals surface area (Å²) in [6.07, 6.45) is 0. The van der Waals surface area contributed by atoms with Gasteiger partial charge in [0.25, 0.3) is 11.8 Å². The largest absolute Gasteiger partial charge is 0.378 e. The minimum Gasteiger partial charge on any atom is -0.378 e. The van der Waals surface area contributed by atoms with E-state index in [1.807, 2.05) is 32.0 Å². The molecular formula is C20H22N2O3. The van der Waals surface area contributed by atoms with Crippen LogP contribution in [0.4, 0.5) is 5.69 Å². The Kier molecular flexibility index (Phi) is 5.14. The number of para-hydroxylation sites is 1. The van der Waals surface area contributed by atoms with Crippen LogP contribution in [-0.2, 0) is 4.74 Å². The third-order valence-corrected chi connectivity index (χ3v) is 4.39. The van der Waals surface area contributed by atoms with E-state index in [9.17, 15) is 9.59 Å². The van der Waals surface area contributed by atoms with Crippen LogP contribution in [0.2, 0.25) is 0 Å². The van der Waals surface area contributed by atoms with E-state index in [0.29, 0.717) is 37.4 Å². The SMILES string of the molecule is Cc1cccc(C)c1NC(=O)c1cccc(C(=O)N2CCOCC2)c1. The predicted molar refractivity (Wildman–Crippen MR) is 97.0 cm³/mol. The summed E-state index contributed by atoms with van der Waals surface area (Å²) in [4.78, 5) is 26.9.